The van der Waals surface area contributed by atoms with E-state index in [-0.39, 0.29) is 23.6 Å². The van der Waals surface area contributed by atoms with Crippen molar-refractivity contribution < 1.29 is 41.2 Å². The number of aromatic nitrogens is 6. The Morgan fingerprint density at radius 2 is 1.82 bits per heavy atom. The number of alkyl halides is 2. The number of nitrogens with one attached hydrogen (secondary N) is 1. The standard InChI is InChI=1S/C19H21F2N7O9P2S/c20-10-13-8(35-18(10)28-6-25-12-15(22)23-5-24-16(12)28)4-33-39(31,40)37-14-7(3-32-38-36-13)34-17(11(14)21)27-2-1-9(29)26-19(27)30/h1-2,5-8,10-11,13-14,17-18,38H,3-4H2,(H,31,40)(H2,22,23,24)(H,26,29,30)/t7-,8-,10?,11+,13+,14?,17?,18?,39?/m1/s1. The van der Waals surface area contributed by atoms with Crippen LogP contribution >= 0.6 is 15.8 Å². The molecule has 3 fully saturated rings. The second-order valence-corrected chi connectivity index (χ2v) is 12.4. The first-order chi connectivity index (χ1) is 19.1. The summed E-state index contributed by atoms with van der Waals surface area (Å²) < 4.78 is 66.9. The molecule has 3 aliphatic heterocycles. The Morgan fingerprint density at radius 3 is 2.60 bits per heavy atom. The lowest BCUT2D eigenvalue weighted by atomic mass is 10.1. The van der Waals surface area contributed by atoms with Gasteiger partial charge in [-0.05, 0) is 11.8 Å². The maximum absolute atomic E-state index is 15.7. The molecule has 6 rings (SSSR count). The fourth-order valence-electron chi connectivity index (χ4n) is 4.61. The highest BCUT2D eigenvalue weighted by atomic mass is 32.5. The molecule has 0 amide bonds. The largest absolute Gasteiger partial charge is 0.382 e. The molecule has 3 aromatic heterocycles. The van der Waals surface area contributed by atoms with E-state index in [4.69, 9.17) is 45.1 Å². The van der Waals surface area contributed by atoms with E-state index in [1.807, 2.05) is 4.98 Å². The summed E-state index contributed by atoms with van der Waals surface area (Å²) in [5.74, 6) is 0.0998. The zero-order valence-electron chi connectivity index (χ0n) is 20.0. The SMILES string of the molecule is Nc1ncnc2c1ncn2C1O[C@@H]2COP(O)(=S)OC3[C@H](F)C(n4ccc(=O)[nH]c4=O)O[C@@H]3COPO[C@@H]2C1F. The zero-order valence-corrected chi connectivity index (χ0v) is 22.7. The van der Waals surface area contributed by atoms with Crippen molar-refractivity contribution in [1.29, 1.82) is 0 Å². The monoisotopic (exact) mass is 623 g/mol. The third-order valence-corrected chi connectivity index (χ3v) is 8.68. The van der Waals surface area contributed by atoms with Crippen LogP contribution in [0.1, 0.15) is 12.5 Å². The molecule has 10 atom stereocenters. The molecule has 216 valence electrons. The lowest BCUT2D eigenvalue weighted by Gasteiger charge is -2.27. The Morgan fingerprint density at radius 1 is 1.10 bits per heavy atom. The number of halogens is 2. The Bertz CT molecular complexity index is 1580. The normalized spacial score (nSPS) is 37.6. The summed E-state index contributed by atoms with van der Waals surface area (Å²) in [5, 5.41) is 0. The van der Waals surface area contributed by atoms with E-state index in [9.17, 15) is 14.5 Å². The first-order valence-corrected chi connectivity index (χ1v) is 15.1. The highest BCUT2D eigenvalue weighted by molar-refractivity contribution is 8.07. The fraction of sp³-hybridized carbons (Fsp3) is 0.526. The molecule has 0 spiro atoms. The van der Waals surface area contributed by atoms with Gasteiger partial charge in [-0.2, -0.15) is 0 Å². The van der Waals surface area contributed by atoms with Gasteiger partial charge in [0.15, 0.2) is 45.3 Å². The van der Waals surface area contributed by atoms with Gasteiger partial charge in [0, 0.05) is 12.3 Å². The smallest absolute Gasteiger partial charge is 0.330 e. The van der Waals surface area contributed by atoms with Crippen LogP contribution in [0, 0.1) is 0 Å². The average molecular weight is 623 g/mol. The minimum Gasteiger partial charge on any atom is -0.382 e. The maximum atomic E-state index is 15.7. The highest BCUT2D eigenvalue weighted by Crippen LogP contribution is 2.51. The number of H-pyrrole nitrogens is 1. The average Bonchev–Trinajstić information content (AvgIpc) is 3.55. The second-order valence-electron chi connectivity index (χ2n) is 8.93. The van der Waals surface area contributed by atoms with Crippen molar-refractivity contribution in [3.8, 4) is 0 Å². The second kappa shape index (κ2) is 10.8. The highest BCUT2D eigenvalue weighted by Gasteiger charge is 2.52. The predicted octanol–water partition coefficient (Wildman–Crippen LogP) is -0.0278. The Balaban J connectivity index is 1.22. The predicted molar refractivity (Wildman–Crippen MR) is 135 cm³/mol. The van der Waals surface area contributed by atoms with Gasteiger partial charge in [-0.15, -0.1) is 0 Å². The number of imidazole rings is 1. The summed E-state index contributed by atoms with van der Waals surface area (Å²) in [6, 6.07) is 1.02. The van der Waals surface area contributed by atoms with Gasteiger partial charge < -0.3 is 33.7 Å². The summed E-state index contributed by atoms with van der Waals surface area (Å²) in [6.07, 6.45) is -8.09. The molecule has 0 saturated carbocycles. The molecule has 0 aliphatic carbocycles. The topological polar surface area (TPSA) is 200 Å². The quantitative estimate of drug-likeness (QED) is 0.322. The summed E-state index contributed by atoms with van der Waals surface area (Å²) in [7, 11) is -0.750. The van der Waals surface area contributed by atoms with Crippen molar-refractivity contribution in [2.24, 2.45) is 0 Å². The van der Waals surface area contributed by atoms with Crippen LogP contribution in [0.3, 0.4) is 0 Å². The van der Waals surface area contributed by atoms with Gasteiger partial charge in [0.1, 0.15) is 36.3 Å². The lowest BCUT2D eigenvalue weighted by molar-refractivity contribution is -0.0549. The van der Waals surface area contributed by atoms with E-state index >= 15 is 8.78 Å². The molecule has 6 unspecified atom stereocenters. The number of nitrogens with two attached hydrogens (primary N) is 1. The number of nitrogen functional groups attached to an aromatic ring is 1. The molecule has 3 saturated heterocycles. The van der Waals surface area contributed by atoms with Crippen molar-refractivity contribution in [3.05, 3.63) is 45.8 Å². The molecule has 4 N–H and O–H groups in total. The number of rotatable bonds is 2. The van der Waals surface area contributed by atoms with Gasteiger partial charge in [-0.3, -0.25) is 23.4 Å². The van der Waals surface area contributed by atoms with Crippen LogP contribution in [0.25, 0.3) is 11.2 Å². The van der Waals surface area contributed by atoms with E-state index in [0.717, 1.165) is 16.8 Å². The van der Waals surface area contributed by atoms with Crippen molar-refractivity contribution in [2.45, 2.75) is 49.2 Å². The molecule has 3 aliphatic rings. The van der Waals surface area contributed by atoms with Crippen LogP contribution in [0.2, 0.25) is 0 Å². The van der Waals surface area contributed by atoms with E-state index in [1.54, 1.807) is 0 Å². The minimum atomic E-state index is -4.18. The molecule has 16 nitrogen and oxygen atoms in total. The lowest BCUT2D eigenvalue weighted by Crippen LogP contribution is -2.37. The minimum absolute atomic E-state index is 0.0998. The van der Waals surface area contributed by atoms with Crippen LogP contribution in [-0.4, -0.2) is 83.9 Å². The van der Waals surface area contributed by atoms with Crippen LogP contribution in [0.15, 0.2) is 34.5 Å². The summed E-state index contributed by atoms with van der Waals surface area (Å²) >= 11 is 5.08. The first kappa shape index (κ1) is 27.8. The first-order valence-electron chi connectivity index (χ1n) is 11.6. The summed E-state index contributed by atoms with van der Waals surface area (Å²) in [6.45, 7) is -5.00. The number of nitrogens with zero attached hydrogens (tertiary/aromatic N) is 5. The van der Waals surface area contributed by atoms with Crippen molar-refractivity contribution in [2.75, 3.05) is 18.9 Å². The molecule has 40 heavy (non-hydrogen) atoms. The fourth-order valence-corrected chi connectivity index (χ4v) is 6.74. The molecule has 21 heteroatoms. The van der Waals surface area contributed by atoms with Crippen LogP contribution < -0.4 is 17.0 Å². The number of fused-ring (bicyclic) bond motifs is 3. The molecule has 3 aromatic rings. The number of hydrogen-bond acceptors (Lipinski definition) is 13. The molecule has 0 radical (unpaired) electrons. The molecule has 0 aromatic carbocycles. The summed E-state index contributed by atoms with van der Waals surface area (Å²) in [5.41, 5.74) is 4.69. The zero-order chi connectivity index (χ0) is 28.2. The summed E-state index contributed by atoms with van der Waals surface area (Å²) in [4.78, 5) is 48.4. The van der Waals surface area contributed by atoms with E-state index in [1.165, 1.54) is 17.2 Å². The Labute approximate surface area is 228 Å². The number of anilines is 1. The van der Waals surface area contributed by atoms with Crippen LogP contribution in [0.4, 0.5) is 14.6 Å². The van der Waals surface area contributed by atoms with Gasteiger partial charge in [0.05, 0.1) is 19.5 Å². The third kappa shape index (κ3) is 5.11. The van der Waals surface area contributed by atoms with Crippen molar-refractivity contribution in [3.63, 3.8) is 0 Å². The van der Waals surface area contributed by atoms with Crippen LogP contribution in [0.5, 0.6) is 0 Å². The molecule has 6 heterocycles. The molecular weight excluding hydrogens is 602 g/mol. The Hall–Kier alpha value is -2.31. The Kier molecular flexibility index (Phi) is 7.54. The third-order valence-electron chi connectivity index (χ3n) is 6.47. The molecular formula is C19H21F2N7O9P2S. The number of aromatic amines is 1. The van der Waals surface area contributed by atoms with Gasteiger partial charge >= 0.3 is 12.4 Å². The van der Waals surface area contributed by atoms with Gasteiger partial charge in [0.2, 0.25) is 0 Å². The number of hydrogen-bond donors (Lipinski definition) is 3. The van der Waals surface area contributed by atoms with Gasteiger partial charge in [0.25, 0.3) is 5.56 Å². The van der Waals surface area contributed by atoms with E-state index in [0.29, 0.717) is 0 Å². The van der Waals surface area contributed by atoms with Crippen molar-refractivity contribution >= 4 is 44.5 Å². The van der Waals surface area contributed by atoms with E-state index in [2.05, 4.69) is 15.0 Å². The van der Waals surface area contributed by atoms with Gasteiger partial charge in [-0.1, -0.05) is 0 Å². The maximum Gasteiger partial charge on any atom is 0.330 e. The van der Waals surface area contributed by atoms with E-state index < -0.39 is 82.8 Å². The van der Waals surface area contributed by atoms with Gasteiger partial charge in [-0.25, -0.2) is 28.5 Å². The van der Waals surface area contributed by atoms with Crippen molar-refractivity contribution in [1.82, 2.24) is 29.1 Å². The molecule has 0 bridgehead atoms. The number of ether oxygens (including phenoxy) is 2. The van der Waals surface area contributed by atoms with Crippen LogP contribution in [-0.2, 0) is 39.4 Å².